The second kappa shape index (κ2) is 6.46. The molecule has 0 heterocycles. The average molecular weight is 276 g/mol. The first-order valence-corrected chi connectivity index (χ1v) is 6.56. The standard InChI is InChI=1S/C16H20O4/c1-9(2)16(19)20-8-6-7-13-12(5)14(17)10(3)11(4)15(13)18/h1,6-8H2,2-5H3. The topological polar surface area (TPSA) is 60.4 Å². The lowest BCUT2D eigenvalue weighted by atomic mass is 9.84. The van der Waals surface area contributed by atoms with Crippen LogP contribution in [0.15, 0.2) is 34.4 Å². The molecule has 108 valence electrons. The maximum absolute atomic E-state index is 12.1. The molecule has 0 bridgehead atoms. The van der Waals surface area contributed by atoms with Gasteiger partial charge in [0.05, 0.1) is 6.61 Å². The molecule has 0 radical (unpaired) electrons. The molecule has 4 nitrogen and oxygen atoms in total. The summed E-state index contributed by atoms with van der Waals surface area (Å²) in [6.07, 6.45) is 0.946. The quantitative estimate of drug-likeness (QED) is 0.335. The van der Waals surface area contributed by atoms with Crippen LogP contribution in [0.4, 0.5) is 0 Å². The van der Waals surface area contributed by atoms with E-state index in [1.54, 1.807) is 27.7 Å². The van der Waals surface area contributed by atoms with Crippen LogP contribution in [-0.2, 0) is 19.1 Å². The van der Waals surface area contributed by atoms with Gasteiger partial charge < -0.3 is 4.74 Å². The third-order valence-electron chi connectivity index (χ3n) is 3.46. The Balaban J connectivity index is 2.64. The van der Waals surface area contributed by atoms with Gasteiger partial charge in [-0.05, 0) is 40.5 Å². The van der Waals surface area contributed by atoms with Crippen molar-refractivity contribution < 1.29 is 19.1 Å². The number of ketones is 2. The van der Waals surface area contributed by atoms with Crippen LogP contribution in [-0.4, -0.2) is 24.1 Å². The Bertz CT molecular complexity index is 547. The number of esters is 1. The second-order valence-electron chi connectivity index (χ2n) is 5.03. The fraction of sp³-hybridized carbons (Fsp3) is 0.438. The minimum atomic E-state index is -0.436. The van der Waals surface area contributed by atoms with E-state index in [2.05, 4.69) is 6.58 Å². The first-order chi connectivity index (χ1) is 9.27. The van der Waals surface area contributed by atoms with Crippen LogP contribution in [0.25, 0.3) is 0 Å². The molecule has 0 aliphatic heterocycles. The summed E-state index contributed by atoms with van der Waals surface area (Å²) in [4.78, 5) is 35.3. The van der Waals surface area contributed by atoms with Crippen LogP contribution < -0.4 is 0 Å². The number of rotatable bonds is 5. The molecule has 0 aromatic heterocycles. The first kappa shape index (κ1) is 16.1. The molecule has 1 aliphatic carbocycles. The van der Waals surface area contributed by atoms with Gasteiger partial charge in [0, 0.05) is 27.9 Å². The number of hydrogen-bond acceptors (Lipinski definition) is 4. The fourth-order valence-corrected chi connectivity index (χ4v) is 1.99. The summed E-state index contributed by atoms with van der Waals surface area (Å²) in [6.45, 7) is 10.3. The predicted octanol–water partition coefficient (Wildman–Crippen LogP) is 2.69. The van der Waals surface area contributed by atoms with Crippen molar-refractivity contribution in [3.05, 3.63) is 34.4 Å². The molecule has 0 spiro atoms. The summed E-state index contributed by atoms with van der Waals surface area (Å²) < 4.78 is 4.97. The van der Waals surface area contributed by atoms with Crippen LogP contribution in [0.1, 0.15) is 40.5 Å². The van der Waals surface area contributed by atoms with Crippen molar-refractivity contribution >= 4 is 17.5 Å². The monoisotopic (exact) mass is 276 g/mol. The van der Waals surface area contributed by atoms with Crippen molar-refractivity contribution in [2.75, 3.05) is 6.61 Å². The highest BCUT2D eigenvalue weighted by atomic mass is 16.5. The lowest BCUT2D eigenvalue weighted by Crippen LogP contribution is -2.21. The van der Waals surface area contributed by atoms with Crippen LogP contribution in [0.2, 0.25) is 0 Å². The third-order valence-corrected chi connectivity index (χ3v) is 3.46. The molecule has 0 aromatic carbocycles. The van der Waals surface area contributed by atoms with Crippen LogP contribution in [0, 0.1) is 0 Å². The zero-order valence-corrected chi connectivity index (χ0v) is 12.5. The average Bonchev–Trinajstić information content (AvgIpc) is 2.41. The maximum Gasteiger partial charge on any atom is 0.333 e. The predicted molar refractivity (Wildman–Crippen MR) is 76.1 cm³/mol. The number of allylic oxidation sites excluding steroid dienone is 4. The SMILES string of the molecule is C=C(C)C(=O)OCCCC1=C(C)C(=O)C(C)=C(C)C1=O. The minimum absolute atomic E-state index is 0.0731. The summed E-state index contributed by atoms with van der Waals surface area (Å²) in [7, 11) is 0. The van der Waals surface area contributed by atoms with Crippen molar-refractivity contribution in [3.63, 3.8) is 0 Å². The Kier molecular flexibility index (Phi) is 5.19. The van der Waals surface area contributed by atoms with Crippen LogP contribution in [0.5, 0.6) is 0 Å². The third kappa shape index (κ3) is 3.32. The number of carbonyl (C=O) groups is 3. The van der Waals surface area contributed by atoms with E-state index in [0.717, 1.165) is 0 Å². The number of hydrogen-bond donors (Lipinski definition) is 0. The Labute approximate surface area is 119 Å². The van der Waals surface area contributed by atoms with Gasteiger partial charge in [-0.15, -0.1) is 0 Å². The molecular formula is C16H20O4. The summed E-state index contributed by atoms with van der Waals surface area (Å²) in [5.74, 6) is -0.587. The van der Waals surface area contributed by atoms with Gasteiger partial charge in [0.15, 0.2) is 11.6 Å². The highest BCUT2D eigenvalue weighted by Gasteiger charge is 2.27. The zero-order valence-electron chi connectivity index (χ0n) is 12.5. The van der Waals surface area contributed by atoms with Gasteiger partial charge in [-0.3, -0.25) is 9.59 Å². The van der Waals surface area contributed by atoms with Gasteiger partial charge in [0.25, 0.3) is 0 Å². The van der Waals surface area contributed by atoms with Gasteiger partial charge in [0.1, 0.15) is 0 Å². The Hall–Kier alpha value is -1.97. The second-order valence-corrected chi connectivity index (χ2v) is 5.03. The normalized spacial score (nSPS) is 15.8. The van der Waals surface area contributed by atoms with E-state index in [9.17, 15) is 14.4 Å². The maximum atomic E-state index is 12.1. The molecular weight excluding hydrogens is 256 g/mol. The molecule has 20 heavy (non-hydrogen) atoms. The molecule has 1 rings (SSSR count). The molecule has 0 saturated heterocycles. The van der Waals surface area contributed by atoms with E-state index in [1.165, 1.54) is 0 Å². The Morgan fingerprint density at radius 3 is 2.15 bits per heavy atom. The van der Waals surface area contributed by atoms with Gasteiger partial charge in [0.2, 0.25) is 0 Å². The molecule has 0 unspecified atom stereocenters. The van der Waals surface area contributed by atoms with E-state index in [1.807, 2.05) is 0 Å². The highest BCUT2D eigenvalue weighted by Crippen LogP contribution is 2.26. The molecule has 0 amide bonds. The summed E-state index contributed by atoms with van der Waals surface area (Å²) >= 11 is 0. The van der Waals surface area contributed by atoms with E-state index < -0.39 is 5.97 Å². The van der Waals surface area contributed by atoms with Crippen molar-refractivity contribution in [2.24, 2.45) is 0 Å². The van der Waals surface area contributed by atoms with Crippen LogP contribution in [0.3, 0.4) is 0 Å². The van der Waals surface area contributed by atoms with Gasteiger partial charge in [-0.25, -0.2) is 4.79 Å². The van der Waals surface area contributed by atoms with E-state index in [4.69, 9.17) is 4.74 Å². The number of Topliss-reactive ketones (excluding diaryl/α,β-unsaturated/α-hetero) is 2. The van der Waals surface area contributed by atoms with Crippen molar-refractivity contribution in [1.29, 1.82) is 0 Å². The first-order valence-electron chi connectivity index (χ1n) is 6.56. The number of ether oxygens (including phenoxy) is 1. The zero-order chi connectivity index (χ0) is 15.4. The lowest BCUT2D eigenvalue weighted by Gasteiger charge is -2.18. The smallest absolute Gasteiger partial charge is 0.333 e. The van der Waals surface area contributed by atoms with Crippen molar-refractivity contribution in [2.45, 2.75) is 40.5 Å². The van der Waals surface area contributed by atoms with E-state index >= 15 is 0 Å². The van der Waals surface area contributed by atoms with E-state index in [0.29, 0.717) is 40.7 Å². The van der Waals surface area contributed by atoms with Gasteiger partial charge >= 0.3 is 5.97 Å². The molecule has 0 atom stereocenters. The van der Waals surface area contributed by atoms with Gasteiger partial charge in [-0.2, -0.15) is 0 Å². The van der Waals surface area contributed by atoms with E-state index in [-0.39, 0.29) is 18.2 Å². The lowest BCUT2D eigenvalue weighted by molar-refractivity contribution is -0.139. The molecule has 1 aliphatic rings. The van der Waals surface area contributed by atoms with Crippen LogP contribution >= 0.6 is 0 Å². The molecule has 4 heteroatoms. The van der Waals surface area contributed by atoms with Crippen molar-refractivity contribution in [1.82, 2.24) is 0 Å². The molecule has 0 fully saturated rings. The molecule has 0 saturated carbocycles. The largest absolute Gasteiger partial charge is 0.462 e. The fourth-order valence-electron chi connectivity index (χ4n) is 1.99. The Morgan fingerprint density at radius 2 is 1.60 bits per heavy atom. The molecule has 0 N–H and O–H groups in total. The summed E-state index contributed by atoms with van der Waals surface area (Å²) in [5.41, 5.74) is 2.41. The minimum Gasteiger partial charge on any atom is -0.462 e. The highest BCUT2D eigenvalue weighted by molar-refractivity contribution is 6.24. The Morgan fingerprint density at radius 1 is 1.05 bits per heavy atom. The summed E-state index contributed by atoms with van der Waals surface area (Å²) in [6, 6.07) is 0. The molecule has 0 aromatic rings. The van der Waals surface area contributed by atoms with Crippen molar-refractivity contribution in [3.8, 4) is 0 Å². The summed E-state index contributed by atoms with van der Waals surface area (Å²) in [5, 5.41) is 0. The number of carbonyl (C=O) groups excluding carboxylic acids is 3. The van der Waals surface area contributed by atoms with Gasteiger partial charge in [-0.1, -0.05) is 6.58 Å².